The second-order valence-corrected chi connectivity index (χ2v) is 6.00. The maximum atomic E-state index is 3.47. The molecule has 2 heterocycles. The van der Waals surface area contributed by atoms with Crippen LogP contribution in [0.15, 0.2) is 34.4 Å². The first-order valence-electron chi connectivity index (χ1n) is 5.86. The van der Waals surface area contributed by atoms with Crippen LogP contribution in [0.25, 0.3) is 0 Å². The first-order chi connectivity index (χ1) is 8.28. The Morgan fingerprint density at radius 1 is 1.41 bits per heavy atom. The van der Waals surface area contributed by atoms with Crippen molar-refractivity contribution in [3.05, 3.63) is 44.8 Å². The third kappa shape index (κ3) is 3.98. The summed E-state index contributed by atoms with van der Waals surface area (Å²) in [6, 6.07) is 4.35. The lowest BCUT2D eigenvalue weighted by Crippen LogP contribution is -2.11. The number of rotatable bonds is 6. The molecule has 0 saturated carbocycles. The highest BCUT2D eigenvalue weighted by atomic mass is 79.9. The summed E-state index contributed by atoms with van der Waals surface area (Å²) in [6.07, 6.45) is 5.56. The molecule has 0 aliphatic carbocycles. The Kier molecular flexibility index (Phi) is 4.83. The van der Waals surface area contributed by atoms with E-state index < -0.39 is 0 Å². The molecule has 0 radical (unpaired) electrons. The van der Waals surface area contributed by atoms with Crippen LogP contribution < -0.4 is 5.32 Å². The van der Waals surface area contributed by atoms with Gasteiger partial charge in [0.15, 0.2) is 0 Å². The molecule has 0 spiro atoms. The van der Waals surface area contributed by atoms with Gasteiger partial charge in [0.05, 0.1) is 0 Å². The summed E-state index contributed by atoms with van der Waals surface area (Å²) < 4.78 is 3.42. The van der Waals surface area contributed by atoms with Gasteiger partial charge in [0, 0.05) is 46.8 Å². The minimum atomic E-state index is 0.937. The minimum absolute atomic E-state index is 0.937. The van der Waals surface area contributed by atoms with Gasteiger partial charge in [-0.3, -0.25) is 0 Å². The van der Waals surface area contributed by atoms with Crippen LogP contribution in [-0.2, 0) is 19.6 Å². The van der Waals surface area contributed by atoms with Crippen LogP contribution in [0.4, 0.5) is 0 Å². The van der Waals surface area contributed by atoms with E-state index in [9.17, 15) is 0 Å². The molecule has 2 rings (SSSR count). The van der Waals surface area contributed by atoms with Crippen LogP contribution in [0.2, 0.25) is 0 Å². The topological polar surface area (TPSA) is 17.0 Å². The highest BCUT2D eigenvalue weighted by molar-refractivity contribution is 9.10. The zero-order valence-corrected chi connectivity index (χ0v) is 12.4. The Balaban J connectivity index is 1.77. The van der Waals surface area contributed by atoms with Gasteiger partial charge in [0.2, 0.25) is 0 Å². The molecule has 0 fully saturated rings. The van der Waals surface area contributed by atoms with Crippen molar-refractivity contribution < 1.29 is 0 Å². The van der Waals surface area contributed by atoms with E-state index in [-0.39, 0.29) is 0 Å². The summed E-state index contributed by atoms with van der Waals surface area (Å²) in [7, 11) is 0. The number of nitrogens with zero attached hydrogens (tertiary/aromatic N) is 1. The van der Waals surface area contributed by atoms with Gasteiger partial charge in [-0.05, 0) is 40.0 Å². The van der Waals surface area contributed by atoms with Crippen LogP contribution >= 0.6 is 27.3 Å². The average Bonchev–Trinajstić information content (AvgIpc) is 2.89. The van der Waals surface area contributed by atoms with Gasteiger partial charge in [-0.1, -0.05) is 6.92 Å². The van der Waals surface area contributed by atoms with E-state index in [1.165, 1.54) is 21.3 Å². The molecule has 0 aliphatic rings. The second kappa shape index (κ2) is 6.38. The summed E-state index contributed by atoms with van der Waals surface area (Å²) in [6.45, 7) is 5.19. The number of nitrogens with one attached hydrogen (secondary N) is 1. The Morgan fingerprint density at radius 2 is 2.29 bits per heavy atom. The van der Waals surface area contributed by atoms with Crippen LogP contribution in [0.5, 0.6) is 0 Å². The van der Waals surface area contributed by atoms with Gasteiger partial charge in [-0.2, -0.15) is 0 Å². The molecule has 0 unspecified atom stereocenters. The number of thiophene rings is 1. The van der Waals surface area contributed by atoms with Gasteiger partial charge in [-0.15, -0.1) is 11.3 Å². The number of hydrogen-bond donors (Lipinski definition) is 1. The van der Waals surface area contributed by atoms with E-state index in [2.05, 4.69) is 62.6 Å². The Bertz CT molecular complexity index is 461. The maximum absolute atomic E-state index is 3.47. The number of aryl methyl sites for hydroxylation is 1. The average molecular weight is 313 g/mol. The highest BCUT2D eigenvalue weighted by Crippen LogP contribution is 2.19. The lowest BCUT2D eigenvalue weighted by molar-refractivity contribution is 0.670. The van der Waals surface area contributed by atoms with Crippen LogP contribution in [0.3, 0.4) is 0 Å². The van der Waals surface area contributed by atoms with E-state index in [0.29, 0.717) is 0 Å². The van der Waals surface area contributed by atoms with Crippen LogP contribution in [0.1, 0.15) is 23.8 Å². The van der Waals surface area contributed by atoms with Crippen LogP contribution in [0, 0.1) is 0 Å². The lowest BCUT2D eigenvalue weighted by atomic mass is 10.3. The van der Waals surface area contributed by atoms with Crippen molar-refractivity contribution in [3.8, 4) is 0 Å². The SMILES string of the molecule is CCCn1ccc(CNCc2cc(Br)cs2)c1. The zero-order valence-electron chi connectivity index (χ0n) is 9.95. The molecule has 0 aliphatic heterocycles. The monoisotopic (exact) mass is 312 g/mol. The van der Waals surface area contributed by atoms with Crippen molar-refractivity contribution in [2.24, 2.45) is 0 Å². The fourth-order valence-corrected chi connectivity index (χ4v) is 3.19. The molecule has 4 heteroatoms. The number of hydrogen-bond acceptors (Lipinski definition) is 2. The Labute approximate surface area is 115 Å². The van der Waals surface area contributed by atoms with Gasteiger partial charge in [0.1, 0.15) is 0 Å². The quantitative estimate of drug-likeness (QED) is 0.852. The molecule has 0 saturated heterocycles. The van der Waals surface area contributed by atoms with E-state index in [1.807, 2.05) is 0 Å². The smallest absolute Gasteiger partial charge is 0.0303 e. The van der Waals surface area contributed by atoms with Crippen molar-refractivity contribution in [2.45, 2.75) is 33.0 Å². The van der Waals surface area contributed by atoms with Crippen molar-refractivity contribution in [1.82, 2.24) is 9.88 Å². The molecule has 0 amide bonds. The largest absolute Gasteiger partial charge is 0.354 e. The standard InChI is InChI=1S/C13H17BrN2S/c1-2-4-16-5-3-11(9-16)7-15-8-13-6-12(14)10-17-13/h3,5-6,9-10,15H,2,4,7-8H2,1H3. The molecule has 0 aromatic carbocycles. The van der Waals surface area contributed by atoms with Gasteiger partial charge in [0.25, 0.3) is 0 Å². The molecule has 2 nitrogen and oxygen atoms in total. The summed E-state index contributed by atoms with van der Waals surface area (Å²) in [5, 5.41) is 5.58. The summed E-state index contributed by atoms with van der Waals surface area (Å²) in [5.41, 5.74) is 1.36. The van der Waals surface area contributed by atoms with E-state index in [1.54, 1.807) is 11.3 Å². The third-order valence-electron chi connectivity index (χ3n) is 2.54. The fraction of sp³-hybridized carbons (Fsp3) is 0.385. The van der Waals surface area contributed by atoms with Crippen molar-refractivity contribution >= 4 is 27.3 Å². The molecule has 2 aromatic heterocycles. The third-order valence-corrected chi connectivity index (χ3v) is 4.24. The van der Waals surface area contributed by atoms with Crippen molar-refractivity contribution in [3.63, 3.8) is 0 Å². The summed E-state index contributed by atoms with van der Waals surface area (Å²) in [4.78, 5) is 1.37. The molecule has 0 atom stereocenters. The first kappa shape index (κ1) is 12.9. The highest BCUT2D eigenvalue weighted by Gasteiger charge is 1.99. The van der Waals surface area contributed by atoms with E-state index in [0.717, 1.165) is 19.6 Å². The molecular weight excluding hydrogens is 296 g/mol. The van der Waals surface area contributed by atoms with Gasteiger partial charge < -0.3 is 9.88 Å². The van der Waals surface area contributed by atoms with Gasteiger partial charge in [-0.25, -0.2) is 0 Å². The summed E-state index contributed by atoms with van der Waals surface area (Å²) >= 11 is 5.25. The van der Waals surface area contributed by atoms with E-state index >= 15 is 0 Å². The molecule has 92 valence electrons. The first-order valence-corrected chi connectivity index (χ1v) is 7.53. The molecular formula is C13H17BrN2S. The van der Waals surface area contributed by atoms with Crippen LogP contribution in [-0.4, -0.2) is 4.57 Å². The zero-order chi connectivity index (χ0) is 12.1. The lowest BCUT2D eigenvalue weighted by Gasteiger charge is -2.01. The number of aromatic nitrogens is 1. The molecule has 0 bridgehead atoms. The van der Waals surface area contributed by atoms with Gasteiger partial charge >= 0.3 is 0 Å². The molecule has 1 N–H and O–H groups in total. The predicted octanol–water partition coefficient (Wildman–Crippen LogP) is 4.01. The van der Waals surface area contributed by atoms with Crippen molar-refractivity contribution in [2.75, 3.05) is 0 Å². The molecule has 2 aromatic rings. The second-order valence-electron chi connectivity index (χ2n) is 4.09. The van der Waals surface area contributed by atoms with E-state index in [4.69, 9.17) is 0 Å². The normalized spacial score (nSPS) is 10.9. The number of halogens is 1. The predicted molar refractivity (Wildman–Crippen MR) is 77.3 cm³/mol. The Morgan fingerprint density at radius 3 is 3.00 bits per heavy atom. The fourth-order valence-electron chi connectivity index (χ4n) is 1.77. The maximum Gasteiger partial charge on any atom is 0.0303 e. The minimum Gasteiger partial charge on any atom is -0.354 e. The summed E-state index contributed by atoms with van der Waals surface area (Å²) in [5.74, 6) is 0. The molecule has 17 heavy (non-hydrogen) atoms. The Hall–Kier alpha value is -0.580. The van der Waals surface area contributed by atoms with Crippen molar-refractivity contribution in [1.29, 1.82) is 0 Å².